The Hall–Kier alpha value is -3.38. The van der Waals surface area contributed by atoms with Gasteiger partial charge in [0.15, 0.2) is 0 Å². The molecule has 0 fully saturated rings. The Bertz CT molecular complexity index is 928. The van der Waals surface area contributed by atoms with Crippen LogP contribution in [0.1, 0.15) is 32.0 Å². The lowest BCUT2D eigenvalue weighted by molar-refractivity contribution is -0.384. The molecule has 10 heteroatoms. The lowest BCUT2D eigenvalue weighted by Gasteiger charge is -2.03. The minimum Gasteiger partial charge on any atom is -0.465 e. The second-order valence-corrected chi connectivity index (χ2v) is 5.13. The molecule has 0 aliphatic heterocycles. The summed E-state index contributed by atoms with van der Waals surface area (Å²) in [5, 5.41) is 22.3. The number of nitrogens with one attached hydrogen (secondary N) is 1. The summed E-state index contributed by atoms with van der Waals surface area (Å²) in [5.74, 6) is -1.74. The van der Waals surface area contributed by atoms with Crippen LogP contribution in [0.25, 0.3) is 0 Å². The van der Waals surface area contributed by atoms with E-state index in [0.29, 0.717) is 0 Å². The van der Waals surface area contributed by atoms with E-state index < -0.39 is 22.5 Å². The summed E-state index contributed by atoms with van der Waals surface area (Å²) in [5.41, 5.74) is -0.835. The van der Waals surface area contributed by atoms with E-state index in [4.69, 9.17) is 16.0 Å². The molecule has 0 spiro atoms. The van der Waals surface area contributed by atoms with Gasteiger partial charge < -0.3 is 9.15 Å². The van der Waals surface area contributed by atoms with E-state index >= 15 is 0 Å². The topological polar surface area (TPSA) is 135 Å². The Kier molecular flexibility index (Phi) is 5.05. The molecule has 0 saturated heterocycles. The average molecular weight is 364 g/mol. The number of anilines is 1. The Morgan fingerprint density at radius 2 is 2.12 bits per heavy atom. The van der Waals surface area contributed by atoms with Crippen LogP contribution in [0.15, 0.2) is 22.6 Å². The number of nitro benzene ring substituents is 1. The second-order valence-electron chi connectivity index (χ2n) is 4.72. The molecule has 0 bridgehead atoms. The summed E-state index contributed by atoms with van der Waals surface area (Å²) in [7, 11) is 1.14. The first-order chi connectivity index (χ1) is 11.8. The maximum Gasteiger partial charge on any atom is 0.342 e. The number of benzene rings is 1. The molecule has 0 radical (unpaired) electrons. The molecule has 0 saturated carbocycles. The van der Waals surface area contributed by atoms with E-state index in [2.05, 4.69) is 10.1 Å². The Morgan fingerprint density at radius 3 is 2.68 bits per heavy atom. The molecule has 2 rings (SSSR count). The van der Waals surface area contributed by atoms with Gasteiger partial charge in [-0.2, -0.15) is 5.26 Å². The third-order valence-corrected chi connectivity index (χ3v) is 3.54. The highest BCUT2D eigenvalue weighted by Gasteiger charge is 2.26. The fraction of sp³-hybridized carbons (Fsp3) is 0.133. The van der Waals surface area contributed by atoms with Crippen LogP contribution in [0.2, 0.25) is 5.02 Å². The molecule has 1 heterocycles. The number of nitro groups is 1. The number of furan rings is 1. The van der Waals surface area contributed by atoms with E-state index in [1.54, 1.807) is 6.07 Å². The third-order valence-electron chi connectivity index (χ3n) is 3.22. The quantitative estimate of drug-likeness (QED) is 0.500. The molecule has 128 valence electrons. The molecule has 1 aromatic heterocycles. The number of carbonyl (C=O) groups is 2. The minimum atomic E-state index is -0.791. The number of carbonyl (C=O) groups excluding carboxylic acids is 2. The van der Waals surface area contributed by atoms with E-state index in [1.807, 2.05) is 0 Å². The van der Waals surface area contributed by atoms with Gasteiger partial charge in [0, 0.05) is 11.6 Å². The van der Waals surface area contributed by atoms with Crippen LogP contribution in [0.3, 0.4) is 0 Å². The van der Waals surface area contributed by atoms with Crippen molar-refractivity contribution in [2.24, 2.45) is 0 Å². The zero-order chi connectivity index (χ0) is 18.7. The molecular formula is C15H10ClN3O6. The van der Waals surface area contributed by atoms with Gasteiger partial charge >= 0.3 is 5.97 Å². The largest absolute Gasteiger partial charge is 0.465 e. The maximum atomic E-state index is 12.3. The van der Waals surface area contributed by atoms with Crippen LogP contribution >= 0.6 is 11.6 Å². The smallest absolute Gasteiger partial charge is 0.342 e. The number of aryl methyl sites for hydroxylation is 1. The van der Waals surface area contributed by atoms with Gasteiger partial charge in [0.2, 0.25) is 5.88 Å². The normalized spacial score (nSPS) is 10.0. The summed E-state index contributed by atoms with van der Waals surface area (Å²) in [6.45, 7) is 1.43. The lowest BCUT2D eigenvalue weighted by atomic mass is 10.1. The lowest BCUT2D eigenvalue weighted by Crippen LogP contribution is -2.13. The number of rotatable bonds is 4. The van der Waals surface area contributed by atoms with Gasteiger partial charge in [-0.25, -0.2) is 4.79 Å². The molecule has 0 aliphatic rings. The van der Waals surface area contributed by atoms with Gasteiger partial charge in [-0.3, -0.25) is 20.2 Å². The number of amides is 1. The highest BCUT2D eigenvalue weighted by Crippen LogP contribution is 2.29. The Balaban J connectivity index is 2.39. The van der Waals surface area contributed by atoms with Gasteiger partial charge in [0.1, 0.15) is 28.0 Å². The van der Waals surface area contributed by atoms with Crippen LogP contribution in [-0.2, 0) is 4.74 Å². The molecule has 1 amide bonds. The van der Waals surface area contributed by atoms with Crippen molar-refractivity contribution in [3.63, 3.8) is 0 Å². The number of hydrogen-bond acceptors (Lipinski definition) is 7. The van der Waals surface area contributed by atoms with Crippen molar-refractivity contribution in [2.75, 3.05) is 12.4 Å². The Labute approximate surface area is 145 Å². The van der Waals surface area contributed by atoms with E-state index in [-0.39, 0.29) is 33.4 Å². The van der Waals surface area contributed by atoms with E-state index in [0.717, 1.165) is 13.2 Å². The van der Waals surface area contributed by atoms with Crippen LogP contribution in [0, 0.1) is 28.4 Å². The fourth-order valence-corrected chi connectivity index (χ4v) is 2.24. The summed E-state index contributed by atoms with van der Waals surface area (Å²) in [6.07, 6.45) is 0. The number of hydrogen-bond donors (Lipinski definition) is 1. The molecule has 1 N–H and O–H groups in total. The molecule has 25 heavy (non-hydrogen) atoms. The third kappa shape index (κ3) is 3.44. The molecule has 0 atom stereocenters. The predicted octanol–water partition coefficient (Wildman–Crippen LogP) is 3.06. The van der Waals surface area contributed by atoms with Crippen molar-refractivity contribution in [1.82, 2.24) is 0 Å². The number of ether oxygens (including phenoxy) is 1. The van der Waals surface area contributed by atoms with E-state index in [1.165, 1.54) is 19.1 Å². The summed E-state index contributed by atoms with van der Waals surface area (Å²) < 4.78 is 9.80. The zero-order valence-corrected chi connectivity index (χ0v) is 13.7. The van der Waals surface area contributed by atoms with Crippen molar-refractivity contribution >= 4 is 35.0 Å². The number of nitrogens with zero attached hydrogens (tertiary/aromatic N) is 2. The van der Waals surface area contributed by atoms with Crippen molar-refractivity contribution < 1.29 is 23.7 Å². The molecule has 9 nitrogen and oxygen atoms in total. The number of nitriles is 1. The van der Waals surface area contributed by atoms with Crippen LogP contribution in [-0.4, -0.2) is 23.9 Å². The van der Waals surface area contributed by atoms with Gasteiger partial charge in [-0.15, -0.1) is 0 Å². The SMILES string of the molecule is COC(=O)c1c(C)oc(NC(=O)c2ccc(Cl)c([N+](=O)[O-])c2)c1C#N. The second kappa shape index (κ2) is 7.02. The van der Waals surface area contributed by atoms with Gasteiger partial charge in [-0.1, -0.05) is 11.6 Å². The van der Waals surface area contributed by atoms with Crippen molar-refractivity contribution in [3.05, 3.63) is 55.8 Å². The summed E-state index contributed by atoms with van der Waals surface area (Å²) in [6, 6.07) is 5.22. The summed E-state index contributed by atoms with van der Waals surface area (Å²) in [4.78, 5) is 34.1. The monoisotopic (exact) mass is 363 g/mol. The zero-order valence-electron chi connectivity index (χ0n) is 13.0. The first-order valence-corrected chi connectivity index (χ1v) is 7.05. The highest BCUT2D eigenvalue weighted by molar-refractivity contribution is 6.32. The number of esters is 1. The molecule has 1 aromatic carbocycles. The van der Waals surface area contributed by atoms with E-state index in [9.17, 15) is 25.0 Å². The molecular weight excluding hydrogens is 354 g/mol. The standard InChI is InChI=1S/C15H10ClN3O6/c1-7-12(15(21)24-2)9(6-17)14(25-7)18-13(20)8-3-4-10(16)11(5-8)19(22)23/h3-5H,1-2H3,(H,18,20). The minimum absolute atomic E-state index is 0.0753. The first kappa shape index (κ1) is 18.0. The Morgan fingerprint density at radius 1 is 1.44 bits per heavy atom. The predicted molar refractivity (Wildman–Crippen MR) is 85.6 cm³/mol. The van der Waals surface area contributed by atoms with Gasteiger partial charge in [0.25, 0.3) is 11.6 Å². The van der Waals surface area contributed by atoms with Crippen molar-refractivity contribution in [1.29, 1.82) is 5.26 Å². The van der Waals surface area contributed by atoms with Crippen molar-refractivity contribution in [2.45, 2.75) is 6.92 Å². The summed E-state index contributed by atoms with van der Waals surface area (Å²) >= 11 is 5.69. The number of methoxy groups -OCH3 is 1. The fourth-order valence-electron chi connectivity index (χ4n) is 2.06. The van der Waals surface area contributed by atoms with Crippen LogP contribution in [0.5, 0.6) is 0 Å². The molecule has 2 aromatic rings. The average Bonchev–Trinajstić information content (AvgIpc) is 2.89. The van der Waals surface area contributed by atoms with Gasteiger partial charge in [-0.05, 0) is 19.1 Å². The first-order valence-electron chi connectivity index (χ1n) is 6.67. The van der Waals surface area contributed by atoms with Crippen LogP contribution < -0.4 is 5.32 Å². The maximum absolute atomic E-state index is 12.3. The molecule has 0 unspecified atom stereocenters. The number of halogens is 1. The van der Waals surface area contributed by atoms with Crippen LogP contribution in [0.4, 0.5) is 11.6 Å². The van der Waals surface area contributed by atoms with Gasteiger partial charge in [0.05, 0.1) is 12.0 Å². The molecule has 0 aliphatic carbocycles. The highest BCUT2D eigenvalue weighted by atomic mass is 35.5. The van der Waals surface area contributed by atoms with Crippen molar-refractivity contribution in [3.8, 4) is 6.07 Å².